The largest absolute Gasteiger partial charge is 0.453 e. The number of hydrogen-bond donors (Lipinski definition) is 1. The minimum absolute atomic E-state index is 0.0925. The lowest BCUT2D eigenvalue weighted by Crippen LogP contribution is -2.16. The Morgan fingerprint density at radius 2 is 1.24 bits per heavy atom. The van der Waals surface area contributed by atoms with Gasteiger partial charge in [0.05, 0.1) is 11.4 Å². The molecule has 3 heteroatoms. The molecule has 0 aromatic heterocycles. The monoisotopic (exact) mass is 428 g/mol. The SMILES string of the molecule is CC1(c2ccccc2Nc2ccc(N3c4ccccc4Oc4ccccc43)cc2)C=CC=C1. The molecule has 3 nitrogen and oxygen atoms in total. The highest BCUT2D eigenvalue weighted by Crippen LogP contribution is 2.50. The van der Waals surface area contributed by atoms with Gasteiger partial charge in [-0.05, 0) is 67.1 Å². The Morgan fingerprint density at radius 1 is 0.667 bits per heavy atom. The lowest BCUT2D eigenvalue weighted by atomic mass is 9.83. The minimum Gasteiger partial charge on any atom is -0.453 e. The van der Waals surface area contributed by atoms with Crippen LogP contribution in [0, 0.1) is 0 Å². The van der Waals surface area contributed by atoms with Gasteiger partial charge in [-0.3, -0.25) is 0 Å². The maximum absolute atomic E-state index is 6.14. The highest BCUT2D eigenvalue weighted by atomic mass is 16.5. The molecule has 2 aliphatic rings. The molecule has 160 valence electrons. The number of nitrogens with zero attached hydrogens (tertiary/aromatic N) is 1. The maximum Gasteiger partial charge on any atom is 0.151 e. The predicted molar refractivity (Wildman–Crippen MR) is 137 cm³/mol. The normalized spacial score (nSPS) is 15.0. The van der Waals surface area contributed by atoms with E-state index < -0.39 is 0 Å². The fourth-order valence-electron chi connectivity index (χ4n) is 4.64. The summed E-state index contributed by atoms with van der Waals surface area (Å²) in [4.78, 5) is 2.25. The molecular weight excluding hydrogens is 404 g/mol. The van der Waals surface area contributed by atoms with Crippen LogP contribution in [0.2, 0.25) is 0 Å². The van der Waals surface area contributed by atoms with Gasteiger partial charge in [0.1, 0.15) is 0 Å². The van der Waals surface area contributed by atoms with Gasteiger partial charge in [-0.25, -0.2) is 0 Å². The second-order valence-electron chi connectivity index (χ2n) is 8.59. The van der Waals surface area contributed by atoms with Crippen molar-refractivity contribution in [2.75, 3.05) is 10.2 Å². The average molecular weight is 429 g/mol. The van der Waals surface area contributed by atoms with Gasteiger partial charge in [0.2, 0.25) is 0 Å². The van der Waals surface area contributed by atoms with Crippen LogP contribution in [-0.2, 0) is 5.41 Å². The number of allylic oxidation sites excluding steroid dienone is 4. The molecule has 4 aromatic carbocycles. The van der Waals surface area contributed by atoms with E-state index in [0.29, 0.717) is 0 Å². The standard InChI is InChI=1S/C30H24N2O/c1-30(20-8-9-21-30)24-10-2-3-11-25(24)31-22-16-18-23(19-17-22)32-26-12-4-6-14-28(26)33-29-15-7-5-13-27(29)32/h2-21,31H,1H3. The summed E-state index contributed by atoms with van der Waals surface area (Å²) in [7, 11) is 0. The number of anilines is 5. The molecule has 0 bridgehead atoms. The third-order valence-electron chi connectivity index (χ3n) is 6.34. The molecule has 1 aliphatic carbocycles. The molecule has 1 aliphatic heterocycles. The zero-order valence-corrected chi connectivity index (χ0v) is 18.4. The van der Waals surface area contributed by atoms with Crippen LogP contribution in [-0.4, -0.2) is 0 Å². The van der Waals surface area contributed by atoms with Gasteiger partial charge in [-0.1, -0.05) is 66.8 Å². The molecule has 4 aromatic rings. The van der Waals surface area contributed by atoms with Gasteiger partial charge in [-0.2, -0.15) is 0 Å². The zero-order chi connectivity index (χ0) is 22.3. The number of nitrogens with one attached hydrogen (secondary N) is 1. The summed E-state index contributed by atoms with van der Waals surface area (Å²) in [6.45, 7) is 2.24. The highest BCUT2D eigenvalue weighted by molar-refractivity contribution is 5.86. The van der Waals surface area contributed by atoms with E-state index in [4.69, 9.17) is 4.74 Å². The number of benzene rings is 4. The first-order valence-corrected chi connectivity index (χ1v) is 11.2. The van der Waals surface area contributed by atoms with Crippen LogP contribution in [0.15, 0.2) is 121 Å². The topological polar surface area (TPSA) is 24.5 Å². The van der Waals surface area contributed by atoms with Crippen molar-refractivity contribution >= 4 is 28.4 Å². The summed E-state index contributed by atoms with van der Waals surface area (Å²) in [6, 6.07) is 33.4. The van der Waals surface area contributed by atoms with E-state index in [0.717, 1.165) is 39.9 Å². The van der Waals surface area contributed by atoms with E-state index in [2.05, 4.69) is 102 Å². The summed E-state index contributed by atoms with van der Waals surface area (Å²) in [5, 5.41) is 3.63. The molecule has 33 heavy (non-hydrogen) atoms. The van der Waals surface area contributed by atoms with Crippen molar-refractivity contribution < 1.29 is 4.74 Å². The average Bonchev–Trinajstić information content (AvgIpc) is 3.31. The van der Waals surface area contributed by atoms with Crippen molar-refractivity contribution in [1.82, 2.24) is 0 Å². The maximum atomic E-state index is 6.14. The van der Waals surface area contributed by atoms with Gasteiger partial charge < -0.3 is 15.0 Å². The molecule has 0 unspecified atom stereocenters. The van der Waals surface area contributed by atoms with Crippen molar-refractivity contribution in [2.24, 2.45) is 0 Å². The molecule has 1 heterocycles. The fraction of sp³-hybridized carbons (Fsp3) is 0.0667. The quantitative estimate of drug-likeness (QED) is 0.311. The molecule has 0 atom stereocenters. The smallest absolute Gasteiger partial charge is 0.151 e. The van der Waals surface area contributed by atoms with Crippen molar-refractivity contribution in [3.8, 4) is 11.5 Å². The first kappa shape index (κ1) is 19.4. The summed E-state index contributed by atoms with van der Waals surface area (Å²) in [5.41, 5.74) is 6.50. The number of rotatable bonds is 4. The summed E-state index contributed by atoms with van der Waals surface area (Å²) in [5.74, 6) is 1.72. The van der Waals surface area contributed by atoms with Gasteiger partial charge in [0, 0.05) is 22.5 Å². The molecule has 0 saturated carbocycles. The Labute approximate surface area is 194 Å². The molecule has 0 saturated heterocycles. The minimum atomic E-state index is -0.0925. The van der Waals surface area contributed by atoms with E-state index in [-0.39, 0.29) is 5.41 Å². The van der Waals surface area contributed by atoms with Crippen molar-refractivity contribution in [3.63, 3.8) is 0 Å². The number of hydrogen-bond acceptors (Lipinski definition) is 3. The second-order valence-corrected chi connectivity index (χ2v) is 8.59. The Balaban J connectivity index is 1.34. The fourth-order valence-corrected chi connectivity index (χ4v) is 4.64. The third kappa shape index (κ3) is 3.39. The Kier molecular flexibility index (Phi) is 4.55. The van der Waals surface area contributed by atoms with Gasteiger partial charge >= 0.3 is 0 Å². The van der Waals surface area contributed by atoms with Crippen LogP contribution in [0.3, 0.4) is 0 Å². The predicted octanol–water partition coefficient (Wildman–Crippen LogP) is 8.39. The van der Waals surface area contributed by atoms with E-state index in [9.17, 15) is 0 Å². The van der Waals surface area contributed by atoms with E-state index in [1.165, 1.54) is 5.56 Å². The Hall–Kier alpha value is -4.24. The molecule has 0 amide bonds. The van der Waals surface area contributed by atoms with Crippen LogP contribution in [0.25, 0.3) is 0 Å². The van der Waals surface area contributed by atoms with E-state index >= 15 is 0 Å². The van der Waals surface area contributed by atoms with Gasteiger partial charge in [-0.15, -0.1) is 0 Å². The van der Waals surface area contributed by atoms with Crippen LogP contribution in [0.4, 0.5) is 28.4 Å². The molecule has 0 radical (unpaired) electrons. The van der Waals surface area contributed by atoms with Crippen molar-refractivity contribution in [1.29, 1.82) is 0 Å². The lowest BCUT2D eigenvalue weighted by molar-refractivity contribution is 0.477. The van der Waals surface area contributed by atoms with Crippen molar-refractivity contribution in [2.45, 2.75) is 12.3 Å². The molecule has 0 spiro atoms. The third-order valence-corrected chi connectivity index (χ3v) is 6.34. The van der Waals surface area contributed by atoms with E-state index in [1.807, 2.05) is 36.4 Å². The van der Waals surface area contributed by atoms with Gasteiger partial charge in [0.25, 0.3) is 0 Å². The first-order valence-electron chi connectivity index (χ1n) is 11.2. The lowest BCUT2D eigenvalue weighted by Gasteiger charge is -2.32. The summed E-state index contributed by atoms with van der Waals surface area (Å²) >= 11 is 0. The summed E-state index contributed by atoms with van der Waals surface area (Å²) in [6.07, 6.45) is 8.71. The number of para-hydroxylation sites is 5. The van der Waals surface area contributed by atoms with E-state index in [1.54, 1.807) is 0 Å². The second kappa shape index (κ2) is 7.72. The van der Waals surface area contributed by atoms with Crippen LogP contribution >= 0.6 is 0 Å². The van der Waals surface area contributed by atoms with Crippen LogP contribution in [0.5, 0.6) is 11.5 Å². The Bertz CT molecular complexity index is 1330. The zero-order valence-electron chi connectivity index (χ0n) is 18.4. The van der Waals surface area contributed by atoms with Crippen LogP contribution < -0.4 is 15.0 Å². The summed E-state index contributed by atoms with van der Waals surface area (Å²) < 4.78 is 6.14. The van der Waals surface area contributed by atoms with Crippen LogP contribution in [0.1, 0.15) is 12.5 Å². The molecular formula is C30H24N2O. The molecule has 0 fully saturated rings. The highest BCUT2D eigenvalue weighted by Gasteiger charge is 2.26. The number of ether oxygens (including phenoxy) is 1. The Morgan fingerprint density at radius 3 is 1.91 bits per heavy atom. The number of fused-ring (bicyclic) bond motifs is 2. The van der Waals surface area contributed by atoms with Gasteiger partial charge in [0.15, 0.2) is 11.5 Å². The van der Waals surface area contributed by atoms with Crippen molar-refractivity contribution in [3.05, 3.63) is 127 Å². The molecule has 6 rings (SSSR count). The molecule has 1 N–H and O–H groups in total. The first-order chi connectivity index (χ1) is 16.2.